The molecule has 0 unspecified atom stereocenters. The zero-order valence-corrected chi connectivity index (χ0v) is 10.5. The fourth-order valence-corrected chi connectivity index (χ4v) is 1.46. The summed E-state index contributed by atoms with van der Waals surface area (Å²) in [5, 5.41) is 6.82. The number of furan rings is 1. The van der Waals surface area contributed by atoms with Gasteiger partial charge in [0.1, 0.15) is 0 Å². The van der Waals surface area contributed by atoms with Crippen LogP contribution in [-0.4, -0.2) is 20.9 Å². The van der Waals surface area contributed by atoms with Crippen LogP contribution >= 0.6 is 15.9 Å². The van der Waals surface area contributed by atoms with Crippen molar-refractivity contribution in [1.29, 1.82) is 0 Å². The maximum Gasteiger partial charge on any atom is 0.287 e. The Bertz CT molecular complexity index is 520. The van der Waals surface area contributed by atoms with Gasteiger partial charge in [-0.25, -0.2) is 13.6 Å². The molecule has 0 bridgehead atoms. The minimum absolute atomic E-state index is 0.127. The average Bonchev–Trinajstić information content (AvgIpc) is 2.61. The second kappa shape index (κ2) is 4.81. The van der Waals surface area contributed by atoms with Gasteiger partial charge in [-0.05, 0) is 12.1 Å². The van der Waals surface area contributed by atoms with Crippen LogP contribution in [0.2, 0.25) is 0 Å². The summed E-state index contributed by atoms with van der Waals surface area (Å²) in [4.78, 5) is 11.4. The summed E-state index contributed by atoms with van der Waals surface area (Å²) in [5.41, 5.74) is 0. The third-order valence-corrected chi connectivity index (χ3v) is 2.59. The minimum atomic E-state index is -3.92. The Labute approximate surface area is 101 Å². The molecule has 0 aromatic carbocycles. The number of hydrogen-bond acceptors (Lipinski definition) is 4. The van der Waals surface area contributed by atoms with E-state index >= 15 is 0 Å². The molecule has 0 aliphatic rings. The molecule has 3 N–H and O–H groups in total. The van der Waals surface area contributed by atoms with E-state index < -0.39 is 21.0 Å². The Morgan fingerprint density at radius 3 is 2.62 bits per heavy atom. The van der Waals surface area contributed by atoms with E-state index in [-0.39, 0.29) is 12.3 Å². The molecule has 8 heteroatoms. The highest BCUT2D eigenvalue weighted by atomic mass is 79.9. The van der Waals surface area contributed by atoms with E-state index in [0.29, 0.717) is 4.48 Å². The lowest BCUT2D eigenvalue weighted by atomic mass is 10.4. The van der Waals surface area contributed by atoms with Gasteiger partial charge in [-0.1, -0.05) is 22.5 Å². The smallest absolute Gasteiger partial charge is 0.287 e. The molecule has 16 heavy (non-hydrogen) atoms. The van der Waals surface area contributed by atoms with Crippen molar-refractivity contribution in [2.45, 2.75) is 5.09 Å². The van der Waals surface area contributed by atoms with Crippen LogP contribution in [0.4, 0.5) is 0 Å². The van der Waals surface area contributed by atoms with Crippen molar-refractivity contribution >= 4 is 31.9 Å². The Balaban J connectivity index is 2.79. The molecule has 1 aromatic rings. The van der Waals surface area contributed by atoms with Crippen LogP contribution in [0.15, 0.2) is 32.7 Å². The highest BCUT2D eigenvalue weighted by Gasteiger charge is 2.17. The van der Waals surface area contributed by atoms with Gasteiger partial charge in [-0.2, -0.15) is 0 Å². The largest absolute Gasteiger partial charge is 0.438 e. The number of primary sulfonamides is 1. The molecule has 1 aromatic heterocycles. The van der Waals surface area contributed by atoms with E-state index in [0.717, 1.165) is 6.07 Å². The van der Waals surface area contributed by atoms with Crippen molar-refractivity contribution in [3.8, 4) is 0 Å². The van der Waals surface area contributed by atoms with E-state index in [1.807, 2.05) is 0 Å². The summed E-state index contributed by atoms with van der Waals surface area (Å²) in [7, 11) is -3.92. The molecule has 88 valence electrons. The van der Waals surface area contributed by atoms with E-state index in [1.165, 1.54) is 6.07 Å². The van der Waals surface area contributed by atoms with Gasteiger partial charge in [-0.3, -0.25) is 4.79 Å². The number of nitrogens with one attached hydrogen (secondary N) is 1. The van der Waals surface area contributed by atoms with Crippen LogP contribution in [0.5, 0.6) is 0 Å². The normalized spacial score (nSPS) is 11.1. The molecule has 1 heterocycles. The summed E-state index contributed by atoms with van der Waals surface area (Å²) < 4.78 is 27.1. The van der Waals surface area contributed by atoms with Crippen LogP contribution < -0.4 is 10.5 Å². The van der Waals surface area contributed by atoms with E-state index in [9.17, 15) is 13.2 Å². The van der Waals surface area contributed by atoms with Crippen molar-refractivity contribution < 1.29 is 17.6 Å². The first-order valence-electron chi connectivity index (χ1n) is 4.05. The molecule has 0 spiro atoms. The SMILES string of the molecule is C=C(Br)CNC(=O)c1ccc(S(N)(=O)=O)o1. The van der Waals surface area contributed by atoms with Crippen molar-refractivity contribution in [2.75, 3.05) is 6.54 Å². The molecule has 1 rings (SSSR count). The number of amides is 1. The lowest BCUT2D eigenvalue weighted by molar-refractivity contribution is 0.0925. The quantitative estimate of drug-likeness (QED) is 0.848. The van der Waals surface area contributed by atoms with Crippen molar-refractivity contribution in [3.05, 3.63) is 29.0 Å². The van der Waals surface area contributed by atoms with Gasteiger partial charge in [0.2, 0.25) is 5.09 Å². The molecule has 0 aliphatic carbocycles. The molecule has 0 aliphatic heterocycles. The number of nitrogens with two attached hydrogens (primary N) is 1. The fraction of sp³-hybridized carbons (Fsp3) is 0.125. The Morgan fingerprint density at radius 1 is 1.56 bits per heavy atom. The molecule has 0 saturated carbocycles. The molecule has 0 atom stereocenters. The fourth-order valence-electron chi connectivity index (χ4n) is 0.858. The number of carbonyl (C=O) groups excluding carboxylic acids is 1. The Hall–Kier alpha value is -1.12. The van der Waals surface area contributed by atoms with Crippen molar-refractivity contribution in [2.24, 2.45) is 5.14 Å². The van der Waals surface area contributed by atoms with E-state index in [4.69, 9.17) is 9.56 Å². The standard InChI is InChI=1S/C8H9BrN2O4S/c1-5(9)4-11-8(12)6-2-3-7(15-6)16(10,13)14/h2-3H,1,4H2,(H,11,12)(H2,10,13,14). The monoisotopic (exact) mass is 308 g/mol. The van der Waals surface area contributed by atoms with Crippen LogP contribution in [0.1, 0.15) is 10.6 Å². The van der Waals surface area contributed by atoms with Crippen LogP contribution in [0.25, 0.3) is 0 Å². The van der Waals surface area contributed by atoms with Crippen LogP contribution in [0, 0.1) is 0 Å². The number of sulfonamides is 1. The topological polar surface area (TPSA) is 102 Å². The molecular formula is C8H9BrN2O4S. The molecule has 1 amide bonds. The molecule has 0 fully saturated rings. The molecule has 0 saturated heterocycles. The number of rotatable bonds is 4. The molecule has 6 nitrogen and oxygen atoms in total. The summed E-state index contributed by atoms with van der Waals surface area (Å²) in [5.74, 6) is -0.673. The van der Waals surface area contributed by atoms with Crippen LogP contribution in [-0.2, 0) is 10.0 Å². The van der Waals surface area contributed by atoms with Gasteiger partial charge in [-0.15, -0.1) is 0 Å². The Kier molecular flexibility index (Phi) is 3.89. The van der Waals surface area contributed by atoms with Crippen molar-refractivity contribution in [3.63, 3.8) is 0 Å². The number of carbonyl (C=O) groups is 1. The predicted octanol–water partition coefficient (Wildman–Crippen LogP) is 0.565. The minimum Gasteiger partial charge on any atom is -0.438 e. The van der Waals surface area contributed by atoms with E-state index in [2.05, 4.69) is 27.8 Å². The van der Waals surface area contributed by atoms with E-state index in [1.54, 1.807) is 0 Å². The van der Waals surface area contributed by atoms with Gasteiger partial charge < -0.3 is 9.73 Å². The summed E-state index contributed by atoms with van der Waals surface area (Å²) in [6.07, 6.45) is 0. The number of hydrogen-bond donors (Lipinski definition) is 2. The van der Waals surface area contributed by atoms with Crippen molar-refractivity contribution in [1.82, 2.24) is 5.32 Å². The summed E-state index contributed by atoms with van der Waals surface area (Å²) >= 11 is 3.06. The molecule has 0 radical (unpaired) electrons. The van der Waals surface area contributed by atoms with Crippen LogP contribution in [0.3, 0.4) is 0 Å². The van der Waals surface area contributed by atoms with Gasteiger partial charge in [0.25, 0.3) is 15.9 Å². The first-order valence-corrected chi connectivity index (χ1v) is 6.39. The van der Waals surface area contributed by atoms with Gasteiger partial charge >= 0.3 is 0 Å². The maximum atomic E-state index is 11.4. The predicted molar refractivity (Wildman–Crippen MR) is 60.5 cm³/mol. The first kappa shape index (κ1) is 12.9. The maximum absolute atomic E-state index is 11.4. The third kappa shape index (κ3) is 3.47. The first-order chi connectivity index (χ1) is 7.30. The lowest BCUT2D eigenvalue weighted by Crippen LogP contribution is -2.23. The van der Waals surface area contributed by atoms with Gasteiger partial charge in [0, 0.05) is 11.0 Å². The second-order valence-electron chi connectivity index (χ2n) is 2.86. The number of halogens is 1. The zero-order chi connectivity index (χ0) is 12.3. The third-order valence-electron chi connectivity index (χ3n) is 1.53. The molecular weight excluding hydrogens is 300 g/mol. The highest BCUT2D eigenvalue weighted by molar-refractivity contribution is 9.11. The van der Waals surface area contributed by atoms with Gasteiger partial charge in [0.15, 0.2) is 5.76 Å². The summed E-state index contributed by atoms with van der Waals surface area (Å²) in [6.45, 7) is 3.73. The lowest BCUT2D eigenvalue weighted by Gasteiger charge is -2.00. The Morgan fingerprint density at radius 2 is 2.19 bits per heavy atom. The summed E-state index contributed by atoms with van der Waals surface area (Å²) in [6, 6.07) is 2.35. The van der Waals surface area contributed by atoms with Gasteiger partial charge in [0.05, 0.1) is 0 Å². The second-order valence-corrected chi connectivity index (χ2v) is 5.48. The highest BCUT2D eigenvalue weighted by Crippen LogP contribution is 2.12. The average molecular weight is 309 g/mol. The zero-order valence-electron chi connectivity index (χ0n) is 8.07.